The molecule has 0 bridgehead atoms. The first-order chi connectivity index (χ1) is 4.97. The van der Waals surface area contributed by atoms with Crippen LogP contribution in [0.2, 0.25) is 0 Å². The Bertz CT molecular complexity index is 214. The molecular weight excluding hydrogens is 165 g/mol. The van der Waals surface area contributed by atoms with E-state index in [2.05, 4.69) is 15.3 Å². The number of hydrogen-bond donors (Lipinski definition) is 0. The van der Waals surface area contributed by atoms with Gasteiger partial charge in [-0.15, -0.1) is 13.1 Å². The Hall–Kier alpha value is 0.676. The van der Waals surface area contributed by atoms with E-state index in [1.54, 1.807) is 6.33 Å². The van der Waals surface area contributed by atoms with Crippen LogP contribution in [0, 0.1) is 0 Å². The molecule has 1 aromatic heterocycles. The third kappa shape index (κ3) is 2.30. The average molecular weight is 173 g/mol. The maximum absolute atomic E-state index is 4.24. The number of aromatic nitrogens is 2. The van der Waals surface area contributed by atoms with Gasteiger partial charge in [-0.3, -0.25) is 0 Å². The Morgan fingerprint density at radius 3 is 3.18 bits per heavy atom. The molecule has 0 spiro atoms. The minimum absolute atomic E-state index is 0. The van der Waals surface area contributed by atoms with Crippen LogP contribution in [-0.4, -0.2) is 16.5 Å². The van der Waals surface area contributed by atoms with Crippen molar-refractivity contribution in [1.29, 1.82) is 0 Å². The summed E-state index contributed by atoms with van der Waals surface area (Å²) in [4.78, 5) is 8.08. The Kier molecular flexibility index (Phi) is 4.12. The predicted molar refractivity (Wildman–Crippen MR) is 37.7 cm³/mol. The van der Waals surface area contributed by atoms with Crippen molar-refractivity contribution >= 4 is 0 Å². The van der Waals surface area contributed by atoms with Gasteiger partial charge in [0.25, 0.3) is 0 Å². The van der Waals surface area contributed by atoms with Crippen LogP contribution >= 0.6 is 0 Å². The second-order valence-corrected chi connectivity index (χ2v) is 2.35. The van der Waals surface area contributed by atoms with Crippen LogP contribution in [0.5, 0.6) is 0 Å². The van der Waals surface area contributed by atoms with E-state index >= 15 is 0 Å². The van der Waals surface area contributed by atoms with Gasteiger partial charge < -0.3 is 5.32 Å². The van der Waals surface area contributed by atoms with Crippen molar-refractivity contribution < 1.29 is 51.4 Å². The van der Waals surface area contributed by atoms with Gasteiger partial charge in [-0.25, -0.2) is 9.97 Å². The van der Waals surface area contributed by atoms with Gasteiger partial charge in [0.1, 0.15) is 6.33 Å². The summed E-state index contributed by atoms with van der Waals surface area (Å²) in [5.41, 5.74) is 2.36. The third-order valence-corrected chi connectivity index (χ3v) is 1.67. The van der Waals surface area contributed by atoms with E-state index in [-0.39, 0.29) is 51.4 Å². The van der Waals surface area contributed by atoms with Crippen LogP contribution in [0.1, 0.15) is 11.3 Å². The minimum atomic E-state index is 0. The van der Waals surface area contributed by atoms with E-state index in [9.17, 15) is 0 Å². The molecule has 0 aliphatic carbocycles. The van der Waals surface area contributed by atoms with Gasteiger partial charge in [0.2, 0.25) is 0 Å². The summed E-state index contributed by atoms with van der Waals surface area (Å²) in [6, 6.07) is 0. The second-order valence-electron chi connectivity index (χ2n) is 2.35. The van der Waals surface area contributed by atoms with Crippen LogP contribution in [0.25, 0.3) is 5.32 Å². The molecule has 4 heteroatoms. The Morgan fingerprint density at radius 2 is 2.36 bits per heavy atom. The fourth-order valence-corrected chi connectivity index (χ4v) is 1.13. The van der Waals surface area contributed by atoms with E-state index in [0.29, 0.717) is 0 Å². The molecule has 52 valence electrons. The topological polar surface area (TPSA) is 39.9 Å². The average Bonchev–Trinajstić information content (AvgIpc) is 2.05. The summed E-state index contributed by atoms with van der Waals surface area (Å²) in [5.74, 6) is 0. The first-order valence-corrected chi connectivity index (χ1v) is 3.38. The Balaban J connectivity index is 0.000000605. The van der Waals surface area contributed by atoms with Crippen molar-refractivity contribution in [3.05, 3.63) is 29.1 Å². The van der Waals surface area contributed by atoms with Gasteiger partial charge in [0.15, 0.2) is 0 Å². The summed E-state index contributed by atoms with van der Waals surface area (Å²) < 4.78 is 0. The summed E-state index contributed by atoms with van der Waals surface area (Å²) in [5, 5.41) is 4.24. The molecule has 2 heterocycles. The molecule has 0 atom stereocenters. The van der Waals surface area contributed by atoms with E-state index < -0.39 is 0 Å². The zero-order chi connectivity index (χ0) is 6.81. The first kappa shape index (κ1) is 9.76. The SMILES string of the molecule is [K+].c1ncc2c(n1)CC[N-]C2. The van der Waals surface area contributed by atoms with Crippen molar-refractivity contribution in [3.8, 4) is 0 Å². The smallest absolute Gasteiger partial charge is 0.658 e. The van der Waals surface area contributed by atoms with E-state index in [1.165, 1.54) is 11.3 Å². The van der Waals surface area contributed by atoms with Crippen LogP contribution in [0.4, 0.5) is 0 Å². The molecule has 3 nitrogen and oxygen atoms in total. The summed E-state index contributed by atoms with van der Waals surface area (Å²) in [6.07, 6.45) is 4.44. The molecule has 0 aromatic carbocycles. The number of fused-ring (bicyclic) bond motifs is 1. The van der Waals surface area contributed by atoms with Gasteiger partial charge >= 0.3 is 51.4 Å². The van der Waals surface area contributed by atoms with Crippen molar-refractivity contribution in [2.75, 3.05) is 6.54 Å². The zero-order valence-electron chi connectivity index (χ0n) is 6.62. The van der Waals surface area contributed by atoms with Gasteiger partial charge in [0.05, 0.1) is 0 Å². The molecule has 1 aliphatic heterocycles. The van der Waals surface area contributed by atoms with E-state index in [0.717, 1.165) is 19.5 Å². The number of nitrogens with zero attached hydrogens (tertiary/aromatic N) is 3. The van der Waals surface area contributed by atoms with Crippen molar-refractivity contribution in [2.24, 2.45) is 0 Å². The van der Waals surface area contributed by atoms with Gasteiger partial charge in [-0.1, -0.05) is 0 Å². The molecule has 0 saturated heterocycles. The molecule has 0 N–H and O–H groups in total. The quantitative estimate of drug-likeness (QED) is 0.422. The van der Waals surface area contributed by atoms with Crippen LogP contribution in [0.3, 0.4) is 0 Å². The molecule has 0 saturated carbocycles. The zero-order valence-corrected chi connectivity index (χ0v) is 9.74. The van der Waals surface area contributed by atoms with Crippen LogP contribution in [-0.2, 0) is 13.0 Å². The Morgan fingerprint density at radius 1 is 1.45 bits per heavy atom. The van der Waals surface area contributed by atoms with Gasteiger partial charge in [0, 0.05) is 11.9 Å². The fraction of sp³-hybridized carbons (Fsp3) is 0.429. The van der Waals surface area contributed by atoms with Crippen LogP contribution < -0.4 is 51.4 Å². The molecule has 2 rings (SSSR count). The van der Waals surface area contributed by atoms with Gasteiger partial charge in [-0.05, 0) is 12.0 Å². The van der Waals surface area contributed by atoms with Crippen LogP contribution in [0.15, 0.2) is 12.5 Å². The maximum Gasteiger partial charge on any atom is 1.00 e. The molecule has 0 fully saturated rings. The Labute approximate surface area is 108 Å². The molecule has 11 heavy (non-hydrogen) atoms. The largest absolute Gasteiger partial charge is 1.00 e. The molecule has 1 aromatic rings. The van der Waals surface area contributed by atoms with Gasteiger partial charge in [-0.2, -0.15) is 0 Å². The van der Waals surface area contributed by atoms with Crippen molar-refractivity contribution in [2.45, 2.75) is 13.0 Å². The molecular formula is C7H8KN3. The summed E-state index contributed by atoms with van der Waals surface area (Å²) >= 11 is 0. The summed E-state index contributed by atoms with van der Waals surface area (Å²) in [6.45, 7) is 1.72. The standard InChI is InChI=1S/C7H8N3.K/c1-2-8-3-6-4-9-5-10-7(1)6;/h4-5H,1-3H2;/q-1;+1. The fourth-order valence-electron chi connectivity index (χ4n) is 1.13. The second kappa shape index (κ2) is 4.64. The maximum atomic E-state index is 4.24. The van der Waals surface area contributed by atoms with Crippen molar-refractivity contribution in [3.63, 3.8) is 0 Å². The third-order valence-electron chi connectivity index (χ3n) is 1.67. The predicted octanol–water partition coefficient (Wildman–Crippen LogP) is -2.09. The summed E-state index contributed by atoms with van der Waals surface area (Å²) in [7, 11) is 0. The first-order valence-electron chi connectivity index (χ1n) is 3.38. The molecule has 0 radical (unpaired) electrons. The number of rotatable bonds is 0. The number of hydrogen-bond acceptors (Lipinski definition) is 2. The molecule has 1 aliphatic rings. The molecule has 0 amide bonds. The minimum Gasteiger partial charge on any atom is -0.658 e. The normalized spacial score (nSPS) is 14.9. The molecule has 0 unspecified atom stereocenters. The van der Waals surface area contributed by atoms with E-state index in [4.69, 9.17) is 0 Å². The van der Waals surface area contributed by atoms with Crippen molar-refractivity contribution in [1.82, 2.24) is 9.97 Å². The monoisotopic (exact) mass is 173 g/mol. The van der Waals surface area contributed by atoms with E-state index in [1.807, 2.05) is 6.20 Å².